The quantitative estimate of drug-likeness (QED) is 0.809. The number of nitrogens with zero attached hydrogens (tertiary/aromatic N) is 1. The topological polar surface area (TPSA) is 29.5 Å². The number of likely N-dealkylation sites (tertiary alicyclic amines) is 1. The van der Waals surface area contributed by atoms with Gasteiger partial charge in [-0.1, -0.05) is 31.9 Å². The molecule has 1 saturated heterocycles. The van der Waals surface area contributed by atoms with Gasteiger partial charge in [-0.05, 0) is 24.6 Å². The minimum Gasteiger partial charge on any atom is -0.380 e. The smallest absolute Gasteiger partial charge is 0.254 e. The van der Waals surface area contributed by atoms with E-state index in [1.165, 1.54) is 0 Å². The third-order valence-corrected chi connectivity index (χ3v) is 3.79. The van der Waals surface area contributed by atoms with Crippen LogP contribution in [0.2, 0.25) is 0 Å². The zero-order valence-electron chi connectivity index (χ0n) is 9.45. The van der Waals surface area contributed by atoms with E-state index in [1.54, 1.807) is 7.11 Å². The summed E-state index contributed by atoms with van der Waals surface area (Å²) >= 11 is 6.78. The van der Waals surface area contributed by atoms with Crippen molar-refractivity contribution in [3.8, 4) is 0 Å². The maximum Gasteiger partial charge on any atom is 0.254 e. The van der Waals surface area contributed by atoms with Crippen LogP contribution in [0.1, 0.15) is 16.8 Å². The molecule has 1 unspecified atom stereocenters. The van der Waals surface area contributed by atoms with Crippen LogP contribution in [0.5, 0.6) is 0 Å². The number of halogens is 2. The SMILES string of the molecule is COC1CCN(C(=O)c2cc(Br)cc(Br)c2)C1. The Morgan fingerprint density at radius 1 is 1.35 bits per heavy atom. The first kappa shape index (κ1) is 13.1. The molecule has 1 fully saturated rings. The summed E-state index contributed by atoms with van der Waals surface area (Å²) < 4.78 is 7.06. The van der Waals surface area contributed by atoms with Crippen molar-refractivity contribution in [1.29, 1.82) is 0 Å². The van der Waals surface area contributed by atoms with Gasteiger partial charge in [-0.2, -0.15) is 0 Å². The maximum absolute atomic E-state index is 12.2. The highest BCUT2D eigenvalue weighted by Crippen LogP contribution is 2.22. The van der Waals surface area contributed by atoms with Crippen LogP contribution >= 0.6 is 31.9 Å². The van der Waals surface area contributed by atoms with Gasteiger partial charge in [0.2, 0.25) is 0 Å². The Morgan fingerprint density at radius 2 is 2.00 bits per heavy atom. The van der Waals surface area contributed by atoms with Crippen LogP contribution < -0.4 is 0 Å². The number of carbonyl (C=O) groups is 1. The Bertz CT molecular complexity index is 416. The summed E-state index contributed by atoms with van der Waals surface area (Å²) in [5.74, 6) is 0.0616. The first-order chi connectivity index (χ1) is 8.10. The van der Waals surface area contributed by atoms with Gasteiger partial charge in [0.15, 0.2) is 0 Å². The van der Waals surface area contributed by atoms with Gasteiger partial charge in [0.05, 0.1) is 6.10 Å². The Hall–Kier alpha value is -0.390. The van der Waals surface area contributed by atoms with Crippen molar-refractivity contribution in [3.63, 3.8) is 0 Å². The summed E-state index contributed by atoms with van der Waals surface area (Å²) in [4.78, 5) is 14.1. The molecular formula is C12H13Br2NO2. The summed E-state index contributed by atoms with van der Waals surface area (Å²) in [6.45, 7) is 1.45. The lowest BCUT2D eigenvalue weighted by atomic mass is 10.2. The number of methoxy groups -OCH3 is 1. The Balaban J connectivity index is 2.14. The van der Waals surface area contributed by atoms with E-state index in [4.69, 9.17) is 4.74 Å². The predicted octanol–water partition coefficient (Wildman–Crippen LogP) is 3.07. The molecule has 1 aromatic rings. The van der Waals surface area contributed by atoms with Crippen molar-refractivity contribution in [2.24, 2.45) is 0 Å². The normalized spacial score (nSPS) is 19.7. The number of benzene rings is 1. The van der Waals surface area contributed by atoms with Crippen LogP contribution in [0, 0.1) is 0 Å². The van der Waals surface area contributed by atoms with E-state index in [0.29, 0.717) is 12.1 Å². The molecule has 1 aliphatic heterocycles. The van der Waals surface area contributed by atoms with Crippen LogP contribution in [0.4, 0.5) is 0 Å². The van der Waals surface area contributed by atoms with Gasteiger partial charge in [0.25, 0.3) is 5.91 Å². The van der Waals surface area contributed by atoms with Gasteiger partial charge in [-0.3, -0.25) is 4.79 Å². The summed E-state index contributed by atoms with van der Waals surface area (Å²) in [6.07, 6.45) is 1.09. The molecule has 1 aliphatic rings. The monoisotopic (exact) mass is 361 g/mol. The summed E-state index contributed by atoms with van der Waals surface area (Å²) in [5.41, 5.74) is 0.697. The molecule has 0 spiro atoms. The molecule has 0 radical (unpaired) electrons. The number of hydrogen-bond acceptors (Lipinski definition) is 2. The highest BCUT2D eigenvalue weighted by atomic mass is 79.9. The van der Waals surface area contributed by atoms with Gasteiger partial charge in [0, 0.05) is 34.7 Å². The van der Waals surface area contributed by atoms with E-state index in [0.717, 1.165) is 21.9 Å². The second kappa shape index (κ2) is 5.50. The first-order valence-electron chi connectivity index (χ1n) is 5.38. The van der Waals surface area contributed by atoms with E-state index in [-0.39, 0.29) is 12.0 Å². The van der Waals surface area contributed by atoms with E-state index in [1.807, 2.05) is 23.1 Å². The number of rotatable bonds is 2. The second-order valence-corrected chi connectivity index (χ2v) is 5.89. The third kappa shape index (κ3) is 3.09. The molecule has 2 rings (SSSR count). The Morgan fingerprint density at radius 3 is 2.53 bits per heavy atom. The zero-order valence-corrected chi connectivity index (χ0v) is 12.6. The van der Waals surface area contributed by atoms with E-state index < -0.39 is 0 Å². The molecule has 1 heterocycles. The molecule has 17 heavy (non-hydrogen) atoms. The standard InChI is InChI=1S/C12H13Br2NO2/c1-17-11-2-3-15(7-11)12(16)8-4-9(13)6-10(14)5-8/h4-6,11H,2-3,7H2,1H3. The number of hydrogen-bond donors (Lipinski definition) is 0. The van der Waals surface area contributed by atoms with Gasteiger partial charge in [-0.25, -0.2) is 0 Å². The molecule has 0 bridgehead atoms. The van der Waals surface area contributed by atoms with Crippen molar-refractivity contribution in [2.45, 2.75) is 12.5 Å². The molecule has 1 amide bonds. The second-order valence-electron chi connectivity index (χ2n) is 4.06. The molecule has 0 aromatic heterocycles. The maximum atomic E-state index is 12.2. The fraction of sp³-hybridized carbons (Fsp3) is 0.417. The molecule has 5 heteroatoms. The summed E-state index contributed by atoms with van der Waals surface area (Å²) in [6, 6.07) is 5.60. The molecule has 3 nitrogen and oxygen atoms in total. The molecular weight excluding hydrogens is 350 g/mol. The van der Waals surface area contributed by atoms with E-state index >= 15 is 0 Å². The van der Waals surface area contributed by atoms with Crippen molar-refractivity contribution >= 4 is 37.8 Å². The molecule has 1 atom stereocenters. The van der Waals surface area contributed by atoms with Gasteiger partial charge < -0.3 is 9.64 Å². The van der Waals surface area contributed by atoms with Crippen LogP contribution in [0.25, 0.3) is 0 Å². The Labute approximate surface area is 117 Å². The van der Waals surface area contributed by atoms with Crippen molar-refractivity contribution in [2.75, 3.05) is 20.2 Å². The highest BCUT2D eigenvalue weighted by Gasteiger charge is 2.26. The van der Waals surface area contributed by atoms with Gasteiger partial charge in [-0.15, -0.1) is 0 Å². The zero-order chi connectivity index (χ0) is 12.4. The average Bonchev–Trinajstić information content (AvgIpc) is 2.75. The predicted molar refractivity (Wildman–Crippen MR) is 73.2 cm³/mol. The molecule has 0 saturated carbocycles. The fourth-order valence-corrected chi connectivity index (χ4v) is 3.26. The van der Waals surface area contributed by atoms with Crippen LogP contribution in [-0.4, -0.2) is 37.1 Å². The fourth-order valence-electron chi connectivity index (χ4n) is 1.96. The minimum atomic E-state index is 0.0616. The highest BCUT2D eigenvalue weighted by molar-refractivity contribution is 9.11. The van der Waals surface area contributed by atoms with Gasteiger partial charge >= 0.3 is 0 Å². The average molecular weight is 363 g/mol. The number of amides is 1. The van der Waals surface area contributed by atoms with E-state index in [2.05, 4.69) is 31.9 Å². The Kier molecular flexibility index (Phi) is 4.22. The van der Waals surface area contributed by atoms with E-state index in [9.17, 15) is 4.79 Å². The first-order valence-corrected chi connectivity index (χ1v) is 6.97. The molecule has 0 N–H and O–H groups in total. The lowest BCUT2D eigenvalue weighted by Gasteiger charge is -2.16. The molecule has 1 aromatic carbocycles. The minimum absolute atomic E-state index is 0.0616. The molecule has 0 aliphatic carbocycles. The van der Waals surface area contributed by atoms with Crippen LogP contribution in [-0.2, 0) is 4.74 Å². The number of ether oxygens (including phenoxy) is 1. The summed E-state index contributed by atoms with van der Waals surface area (Å²) in [5, 5.41) is 0. The van der Waals surface area contributed by atoms with Crippen molar-refractivity contribution < 1.29 is 9.53 Å². The van der Waals surface area contributed by atoms with Gasteiger partial charge in [0.1, 0.15) is 0 Å². The van der Waals surface area contributed by atoms with Crippen molar-refractivity contribution in [1.82, 2.24) is 4.90 Å². The van der Waals surface area contributed by atoms with Crippen LogP contribution in [0.15, 0.2) is 27.1 Å². The largest absolute Gasteiger partial charge is 0.380 e. The lowest BCUT2D eigenvalue weighted by molar-refractivity contribution is 0.0724. The number of carbonyl (C=O) groups excluding carboxylic acids is 1. The summed E-state index contributed by atoms with van der Waals surface area (Å²) in [7, 11) is 1.69. The molecule has 92 valence electrons. The van der Waals surface area contributed by atoms with Crippen molar-refractivity contribution in [3.05, 3.63) is 32.7 Å². The van der Waals surface area contributed by atoms with Crippen LogP contribution in [0.3, 0.4) is 0 Å². The third-order valence-electron chi connectivity index (χ3n) is 2.88. The lowest BCUT2D eigenvalue weighted by Crippen LogP contribution is -2.29.